The molecule has 2 aromatic carbocycles. The van der Waals surface area contributed by atoms with Crippen LogP contribution in [0.15, 0.2) is 64.3 Å². The molecule has 0 saturated carbocycles. The van der Waals surface area contributed by atoms with Gasteiger partial charge in [0.05, 0.1) is 0 Å². The molecule has 140 valence electrons. The second kappa shape index (κ2) is 8.64. The van der Waals surface area contributed by atoms with E-state index in [1.165, 1.54) is 11.3 Å². The SMILES string of the molecule is Cc1csc(SCc2ccc(C(=O)Nc3nnc(-c4ccccc4)s3)cc2)n1. The lowest BCUT2D eigenvalue weighted by atomic mass is 10.1. The molecule has 0 radical (unpaired) electrons. The van der Waals surface area contributed by atoms with Crippen LogP contribution < -0.4 is 5.32 Å². The van der Waals surface area contributed by atoms with Crippen molar-refractivity contribution in [3.63, 3.8) is 0 Å². The van der Waals surface area contributed by atoms with Crippen molar-refractivity contribution in [1.29, 1.82) is 0 Å². The number of nitrogens with one attached hydrogen (secondary N) is 1. The monoisotopic (exact) mass is 424 g/mol. The summed E-state index contributed by atoms with van der Waals surface area (Å²) in [6.07, 6.45) is 0. The van der Waals surface area contributed by atoms with Gasteiger partial charge in [0, 0.05) is 28.0 Å². The molecule has 0 fully saturated rings. The lowest BCUT2D eigenvalue weighted by molar-refractivity contribution is 0.102. The molecule has 5 nitrogen and oxygen atoms in total. The average Bonchev–Trinajstić information content (AvgIpc) is 3.36. The Hall–Kier alpha value is -2.55. The second-order valence-corrected chi connectivity index (χ2v) is 9.03. The maximum atomic E-state index is 12.5. The van der Waals surface area contributed by atoms with Crippen molar-refractivity contribution in [2.24, 2.45) is 0 Å². The van der Waals surface area contributed by atoms with Crippen LogP contribution in [0.3, 0.4) is 0 Å². The Morgan fingerprint density at radius 1 is 1.07 bits per heavy atom. The number of rotatable bonds is 6. The molecule has 1 amide bonds. The van der Waals surface area contributed by atoms with E-state index in [4.69, 9.17) is 0 Å². The minimum atomic E-state index is -0.189. The lowest BCUT2D eigenvalue weighted by Gasteiger charge is -2.03. The van der Waals surface area contributed by atoms with Crippen LogP contribution in [0.2, 0.25) is 0 Å². The standard InChI is InChI=1S/C20H16N4OS3/c1-13-11-26-20(21-13)27-12-14-7-9-15(10-8-14)17(25)22-19-24-23-18(28-19)16-5-3-2-4-6-16/h2-11H,12H2,1H3,(H,22,24,25). The first kappa shape index (κ1) is 18.8. The van der Waals surface area contributed by atoms with Gasteiger partial charge in [-0.25, -0.2) is 4.98 Å². The van der Waals surface area contributed by atoms with Crippen LogP contribution in [0, 0.1) is 6.92 Å². The zero-order valence-corrected chi connectivity index (χ0v) is 17.4. The minimum Gasteiger partial charge on any atom is -0.296 e. The molecular weight excluding hydrogens is 408 g/mol. The first-order valence-electron chi connectivity index (χ1n) is 8.51. The van der Waals surface area contributed by atoms with Gasteiger partial charge < -0.3 is 0 Å². The highest BCUT2D eigenvalue weighted by molar-refractivity contribution is 8.00. The van der Waals surface area contributed by atoms with E-state index >= 15 is 0 Å². The zero-order valence-electron chi connectivity index (χ0n) is 15.0. The highest BCUT2D eigenvalue weighted by Gasteiger charge is 2.11. The number of nitrogens with zero attached hydrogens (tertiary/aromatic N) is 3. The third-order valence-electron chi connectivity index (χ3n) is 3.84. The number of thioether (sulfide) groups is 1. The minimum absolute atomic E-state index is 0.189. The van der Waals surface area contributed by atoms with Crippen molar-refractivity contribution in [2.45, 2.75) is 17.0 Å². The van der Waals surface area contributed by atoms with Gasteiger partial charge in [0.1, 0.15) is 9.35 Å². The summed E-state index contributed by atoms with van der Waals surface area (Å²) in [5.74, 6) is 0.636. The summed E-state index contributed by atoms with van der Waals surface area (Å²) in [6, 6.07) is 17.4. The van der Waals surface area contributed by atoms with Crippen LogP contribution in [0.1, 0.15) is 21.6 Å². The van der Waals surface area contributed by atoms with Gasteiger partial charge in [-0.1, -0.05) is 65.6 Å². The summed E-state index contributed by atoms with van der Waals surface area (Å²) in [5.41, 5.74) is 3.77. The molecule has 4 aromatic rings. The number of thiazole rings is 1. The number of anilines is 1. The molecule has 28 heavy (non-hydrogen) atoms. The van der Waals surface area contributed by atoms with Crippen molar-refractivity contribution in [2.75, 3.05) is 5.32 Å². The smallest absolute Gasteiger partial charge is 0.257 e. The van der Waals surface area contributed by atoms with Crippen LogP contribution in [-0.2, 0) is 5.75 Å². The summed E-state index contributed by atoms with van der Waals surface area (Å²) in [7, 11) is 0. The van der Waals surface area contributed by atoms with E-state index in [2.05, 4.69) is 20.5 Å². The normalized spacial score (nSPS) is 10.8. The number of carbonyl (C=O) groups is 1. The molecule has 1 N–H and O–H groups in total. The van der Waals surface area contributed by atoms with Gasteiger partial charge in [-0.2, -0.15) is 0 Å². The Morgan fingerprint density at radius 2 is 1.86 bits per heavy atom. The van der Waals surface area contributed by atoms with Gasteiger partial charge in [-0.3, -0.25) is 10.1 Å². The molecule has 0 spiro atoms. The maximum Gasteiger partial charge on any atom is 0.257 e. The highest BCUT2D eigenvalue weighted by atomic mass is 32.2. The van der Waals surface area contributed by atoms with E-state index < -0.39 is 0 Å². The highest BCUT2D eigenvalue weighted by Crippen LogP contribution is 2.27. The Balaban J connectivity index is 1.36. The Bertz CT molecular complexity index is 1070. The number of aromatic nitrogens is 3. The molecule has 0 atom stereocenters. The number of benzene rings is 2. The molecule has 2 heterocycles. The third kappa shape index (κ3) is 4.64. The van der Waals surface area contributed by atoms with E-state index in [0.717, 1.165) is 31.9 Å². The number of hydrogen-bond acceptors (Lipinski definition) is 7. The van der Waals surface area contributed by atoms with E-state index in [9.17, 15) is 4.79 Å². The fraction of sp³-hybridized carbons (Fsp3) is 0.100. The Labute approximate surface area is 174 Å². The topological polar surface area (TPSA) is 67.8 Å². The van der Waals surface area contributed by atoms with Gasteiger partial charge in [0.25, 0.3) is 5.91 Å². The quantitative estimate of drug-likeness (QED) is 0.413. The van der Waals surface area contributed by atoms with Crippen molar-refractivity contribution >= 4 is 45.5 Å². The summed E-state index contributed by atoms with van der Waals surface area (Å²) >= 11 is 4.71. The van der Waals surface area contributed by atoms with Gasteiger partial charge in [-0.05, 0) is 24.6 Å². The van der Waals surface area contributed by atoms with Crippen molar-refractivity contribution < 1.29 is 4.79 Å². The molecule has 4 rings (SSSR count). The molecule has 0 aliphatic heterocycles. The van der Waals surface area contributed by atoms with Crippen molar-refractivity contribution in [3.8, 4) is 10.6 Å². The van der Waals surface area contributed by atoms with E-state index in [0.29, 0.717) is 10.7 Å². The lowest BCUT2D eigenvalue weighted by Crippen LogP contribution is -2.11. The van der Waals surface area contributed by atoms with E-state index in [1.807, 2.05) is 66.9 Å². The van der Waals surface area contributed by atoms with E-state index in [-0.39, 0.29) is 5.91 Å². The predicted octanol–water partition coefficient (Wildman–Crippen LogP) is 5.51. The molecule has 2 aromatic heterocycles. The van der Waals surface area contributed by atoms with Crippen LogP contribution in [0.4, 0.5) is 5.13 Å². The van der Waals surface area contributed by atoms with Crippen LogP contribution >= 0.6 is 34.4 Å². The predicted molar refractivity (Wildman–Crippen MR) is 116 cm³/mol. The molecular formula is C20H16N4OS3. The second-order valence-electron chi connectivity index (χ2n) is 5.97. The largest absolute Gasteiger partial charge is 0.296 e. The Morgan fingerprint density at radius 3 is 2.57 bits per heavy atom. The molecule has 0 aliphatic rings. The third-order valence-corrected chi connectivity index (χ3v) is 6.94. The van der Waals surface area contributed by atoms with Crippen LogP contribution in [-0.4, -0.2) is 21.1 Å². The molecule has 0 aliphatic carbocycles. The van der Waals surface area contributed by atoms with Crippen molar-refractivity contribution in [1.82, 2.24) is 15.2 Å². The number of amides is 1. The number of carbonyl (C=O) groups excluding carboxylic acids is 1. The fourth-order valence-corrected chi connectivity index (χ4v) is 4.99. The fourth-order valence-electron chi connectivity index (χ4n) is 2.44. The van der Waals surface area contributed by atoms with E-state index in [1.54, 1.807) is 23.1 Å². The van der Waals surface area contributed by atoms with Gasteiger partial charge in [0.2, 0.25) is 5.13 Å². The summed E-state index contributed by atoms with van der Waals surface area (Å²) in [4.78, 5) is 16.9. The van der Waals surface area contributed by atoms with Crippen molar-refractivity contribution in [3.05, 3.63) is 76.8 Å². The molecule has 8 heteroatoms. The zero-order chi connectivity index (χ0) is 19.3. The Kier molecular flexibility index (Phi) is 5.80. The first-order valence-corrected chi connectivity index (χ1v) is 11.2. The summed E-state index contributed by atoms with van der Waals surface area (Å²) in [6.45, 7) is 1.99. The average molecular weight is 425 g/mol. The van der Waals surface area contributed by atoms with Crippen LogP contribution in [0.5, 0.6) is 0 Å². The first-order chi connectivity index (χ1) is 13.7. The summed E-state index contributed by atoms with van der Waals surface area (Å²) in [5, 5.41) is 14.4. The summed E-state index contributed by atoms with van der Waals surface area (Å²) < 4.78 is 1.06. The number of aryl methyl sites for hydroxylation is 1. The van der Waals surface area contributed by atoms with Gasteiger partial charge in [-0.15, -0.1) is 21.5 Å². The van der Waals surface area contributed by atoms with Gasteiger partial charge in [0.15, 0.2) is 0 Å². The number of hydrogen-bond donors (Lipinski definition) is 1. The van der Waals surface area contributed by atoms with Crippen LogP contribution in [0.25, 0.3) is 10.6 Å². The molecule has 0 bridgehead atoms. The molecule has 0 saturated heterocycles. The molecule has 0 unspecified atom stereocenters. The van der Waals surface area contributed by atoms with Gasteiger partial charge >= 0.3 is 0 Å². The maximum absolute atomic E-state index is 12.5.